The summed E-state index contributed by atoms with van der Waals surface area (Å²) in [5.74, 6) is 0.734. The monoisotopic (exact) mass is 262 g/mol. The molecule has 1 atom stereocenters. The number of rotatable bonds is 4. The van der Waals surface area contributed by atoms with Crippen LogP contribution in [0, 0.1) is 5.92 Å². The largest absolute Gasteiger partial charge is 0.306 e. The molecular weight excluding hydrogens is 232 g/mol. The lowest BCUT2D eigenvalue weighted by atomic mass is 9.85. The van der Waals surface area contributed by atoms with E-state index in [1.54, 1.807) is 5.57 Å². The first-order valence-electron chi connectivity index (χ1n) is 7.78. The molecule has 0 aromatic heterocycles. The number of allylic oxidation sites excluding steroid dienone is 2. The molecule has 1 saturated heterocycles. The van der Waals surface area contributed by atoms with Gasteiger partial charge in [-0.2, -0.15) is 0 Å². The first-order chi connectivity index (χ1) is 9.06. The Morgan fingerprint density at radius 3 is 2.58 bits per heavy atom. The van der Waals surface area contributed by atoms with E-state index in [1.807, 2.05) is 0 Å². The maximum Gasteiger partial charge on any atom is 0.0192 e. The summed E-state index contributed by atoms with van der Waals surface area (Å²) in [4.78, 5) is 5.03. The van der Waals surface area contributed by atoms with Crippen LogP contribution in [0.15, 0.2) is 23.8 Å². The maximum absolute atomic E-state index is 4.10. The fourth-order valence-electron chi connectivity index (χ4n) is 3.36. The number of piperidine rings is 1. The van der Waals surface area contributed by atoms with Crippen LogP contribution in [0.1, 0.15) is 39.0 Å². The van der Waals surface area contributed by atoms with E-state index >= 15 is 0 Å². The number of likely N-dealkylation sites (tertiary alicyclic amines) is 1. The lowest BCUT2D eigenvalue weighted by Crippen LogP contribution is -2.42. The Bertz CT molecular complexity index is 337. The van der Waals surface area contributed by atoms with E-state index in [-0.39, 0.29) is 0 Å². The quantitative estimate of drug-likeness (QED) is 0.717. The lowest BCUT2D eigenvalue weighted by Gasteiger charge is -2.36. The van der Waals surface area contributed by atoms with Crippen molar-refractivity contribution in [1.82, 2.24) is 9.80 Å². The molecule has 1 aliphatic carbocycles. The van der Waals surface area contributed by atoms with Gasteiger partial charge in [-0.1, -0.05) is 23.8 Å². The summed E-state index contributed by atoms with van der Waals surface area (Å²) >= 11 is 0. The van der Waals surface area contributed by atoms with Gasteiger partial charge < -0.3 is 4.90 Å². The van der Waals surface area contributed by atoms with Crippen LogP contribution in [-0.2, 0) is 0 Å². The molecule has 0 aromatic carbocycles. The van der Waals surface area contributed by atoms with Crippen LogP contribution in [-0.4, -0.2) is 49.6 Å². The van der Waals surface area contributed by atoms with Crippen LogP contribution in [0.5, 0.6) is 0 Å². The van der Waals surface area contributed by atoms with E-state index in [1.165, 1.54) is 57.3 Å². The third-order valence-electron chi connectivity index (χ3n) is 4.97. The van der Waals surface area contributed by atoms with E-state index < -0.39 is 0 Å². The maximum atomic E-state index is 4.10. The van der Waals surface area contributed by atoms with Gasteiger partial charge in [0.05, 0.1) is 0 Å². The zero-order valence-electron chi connectivity index (χ0n) is 13.0. The highest BCUT2D eigenvalue weighted by molar-refractivity contribution is 5.13. The number of hydrogen-bond acceptors (Lipinski definition) is 2. The van der Waals surface area contributed by atoms with Crippen LogP contribution in [0.4, 0.5) is 0 Å². The normalized spacial score (nSPS) is 26.5. The molecule has 2 rings (SSSR count). The average molecular weight is 262 g/mol. The van der Waals surface area contributed by atoms with Crippen molar-refractivity contribution in [2.24, 2.45) is 5.92 Å². The minimum Gasteiger partial charge on any atom is -0.306 e. The Kier molecular flexibility index (Phi) is 5.23. The van der Waals surface area contributed by atoms with E-state index in [0.29, 0.717) is 0 Å². The molecule has 2 aliphatic rings. The van der Waals surface area contributed by atoms with E-state index in [0.717, 1.165) is 12.0 Å². The highest BCUT2D eigenvalue weighted by atomic mass is 15.2. The van der Waals surface area contributed by atoms with Gasteiger partial charge in [0.15, 0.2) is 0 Å². The molecule has 2 nitrogen and oxygen atoms in total. The van der Waals surface area contributed by atoms with Crippen LogP contribution >= 0.6 is 0 Å². The number of hydrogen-bond donors (Lipinski definition) is 0. The first-order valence-corrected chi connectivity index (χ1v) is 7.78. The standard InChI is InChI=1S/C17H30N2/c1-14(2)16-7-5-15(6-8-16)13-19(4)17-9-11-18(3)12-10-17/h5,16-17H,1,6-13H2,2-4H3/t16-/m1/s1. The Morgan fingerprint density at radius 1 is 1.37 bits per heavy atom. The summed E-state index contributed by atoms with van der Waals surface area (Å²) in [5.41, 5.74) is 3.01. The molecule has 0 spiro atoms. The zero-order chi connectivity index (χ0) is 13.8. The predicted octanol–water partition coefficient (Wildman–Crippen LogP) is 3.32. The second-order valence-corrected chi connectivity index (χ2v) is 6.63. The molecule has 108 valence electrons. The second kappa shape index (κ2) is 6.71. The van der Waals surface area contributed by atoms with Gasteiger partial charge in [0.25, 0.3) is 0 Å². The molecular formula is C17H30N2. The minimum atomic E-state index is 0.734. The molecule has 0 bridgehead atoms. The first kappa shape index (κ1) is 14.8. The SMILES string of the molecule is C=C(C)[C@@H]1CC=C(CN(C)C2CCN(C)CC2)CC1. The molecule has 0 radical (unpaired) electrons. The molecule has 1 aliphatic heterocycles. The van der Waals surface area contributed by atoms with Gasteiger partial charge in [0.2, 0.25) is 0 Å². The van der Waals surface area contributed by atoms with Gasteiger partial charge in [-0.15, -0.1) is 0 Å². The summed E-state index contributed by atoms with van der Waals surface area (Å²) < 4.78 is 0. The highest BCUT2D eigenvalue weighted by Crippen LogP contribution is 2.29. The number of likely N-dealkylation sites (N-methyl/N-ethyl adjacent to an activating group) is 1. The van der Waals surface area contributed by atoms with E-state index in [2.05, 4.69) is 43.5 Å². The van der Waals surface area contributed by atoms with Crippen LogP contribution in [0.25, 0.3) is 0 Å². The molecule has 0 amide bonds. The van der Waals surface area contributed by atoms with E-state index in [4.69, 9.17) is 0 Å². The van der Waals surface area contributed by atoms with Gasteiger partial charge in [-0.3, -0.25) is 4.90 Å². The fourth-order valence-corrected chi connectivity index (χ4v) is 3.36. The summed E-state index contributed by atoms with van der Waals surface area (Å²) in [5, 5.41) is 0. The van der Waals surface area contributed by atoms with Crippen LogP contribution in [0.2, 0.25) is 0 Å². The Morgan fingerprint density at radius 2 is 2.05 bits per heavy atom. The van der Waals surface area contributed by atoms with Crippen molar-refractivity contribution in [2.45, 2.75) is 45.1 Å². The molecule has 1 fully saturated rings. The Balaban J connectivity index is 1.80. The van der Waals surface area contributed by atoms with E-state index in [9.17, 15) is 0 Å². The molecule has 19 heavy (non-hydrogen) atoms. The zero-order valence-corrected chi connectivity index (χ0v) is 13.0. The fraction of sp³-hybridized carbons (Fsp3) is 0.765. The van der Waals surface area contributed by atoms with Gasteiger partial charge in [0.1, 0.15) is 0 Å². The van der Waals surface area contributed by atoms with Crippen molar-refractivity contribution < 1.29 is 0 Å². The second-order valence-electron chi connectivity index (χ2n) is 6.63. The Hall–Kier alpha value is -0.600. The molecule has 0 aromatic rings. The van der Waals surface area contributed by atoms with Crippen LogP contribution < -0.4 is 0 Å². The van der Waals surface area contributed by atoms with Crippen molar-refractivity contribution in [3.63, 3.8) is 0 Å². The number of nitrogens with zero attached hydrogens (tertiary/aromatic N) is 2. The van der Waals surface area contributed by atoms with Crippen molar-refractivity contribution in [3.8, 4) is 0 Å². The van der Waals surface area contributed by atoms with Crippen molar-refractivity contribution in [1.29, 1.82) is 0 Å². The van der Waals surface area contributed by atoms with Gasteiger partial charge in [-0.25, -0.2) is 0 Å². The topological polar surface area (TPSA) is 6.48 Å². The summed E-state index contributed by atoms with van der Waals surface area (Å²) in [6.07, 6.45) is 8.93. The van der Waals surface area contributed by atoms with Crippen molar-refractivity contribution >= 4 is 0 Å². The molecule has 2 heteroatoms. The van der Waals surface area contributed by atoms with Crippen molar-refractivity contribution in [2.75, 3.05) is 33.7 Å². The predicted molar refractivity (Wildman–Crippen MR) is 83.4 cm³/mol. The molecule has 0 N–H and O–H groups in total. The molecule has 0 unspecified atom stereocenters. The third-order valence-corrected chi connectivity index (χ3v) is 4.97. The molecule has 1 heterocycles. The smallest absolute Gasteiger partial charge is 0.0192 e. The van der Waals surface area contributed by atoms with Gasteiger partial charge in [0, 0.05) is 12.6 Å². The summed E-state index contributed by atoms with van der Waals surface area (Å²) in [6.45, 7) is 9.97. The van der Waals surface area contributed by atoms with Crippen LogP contribution in [0.3, 0.4) is 0 Å². The lowest BCUT2D eigenvalue weighted by molar-refractivity contribution is 0.151. The third kappa shape index (κ3) is 4.19. The highest BCUT2D eigenvalue weighted by Gasteiger charge is 2.22. The summed E-state index contributed by atoms with van der Waals surface area (Å²) in [6, 6.07) is 0.788. The molecule has 0 saturated carbocycles. The average Bonchev–Trinajstić information content (AvgIpc) is 2.40. The minimum absolute atomic E-state index is 0.734. The summed E-state index contributed by atoms with van der Waals surface area (Å²) in [7, 11) is 4.54. The van der Waals surface area contributed by atoms with Crippen molar-refractivity contribution in [3.05, 3.63) is 23.8 Å². The van der Waals surface area contributed by atoms with Gasteiger partial charge in [-0.05, 0) is 72.1 Å². The van der Waals surface area contributed by atoms with Gasteiger partial charge >= 0.3 is 0 Å². The Labute approximate surface area is 119 Å².